The summed E-state index contributed by atoms with van der Waals surface area (Å²) >= 11 is 0. The number of ether oxygens (including phenoxy) is 2. The quantitative estimate of drug-likeness (QED) is 0.582. The van der Waals surface area contributed by atoms with E-state index < -0.39 is 0 Å². The van der Waals surface area contributed by atoms with Crippen molar-refractivity contribution in [3.63, 3.8) is 0 Å². The van der Waals surface area contributed by atoms with Crippen LogP contribution in [0.15, 0.2) is 12.1 Å². The molecule has 0 aromatic heterocycles. The lowest BCUT2D eigenvalue weighted by molar-refractivity contribution is 0.388. The van der Waals surface area contributed by atoms with Crippen molar-refractivity contribution in [2.75, 3.05) is 14.2 Å². The molecule has 0 spiro atoms. The number of hydrogen-bond acceptors (Lipinski definition) is 3. The second-order valence-electron chi connectivity index (χ2n) is 3.33. The van der Waals surface area contributed by atoms with Crippen molar-refractivity contribution in [2.45, 2.75) is 13.3 Å². The average molecular weight is 208 g/mol. The predicted octanol–water partition coefficient (Wildman–Crippen LogP) is 1.49. The Bertz CT molecular complexity index is 350. The first-order valence-corrected chi connectivity index (χ1v) is 4.63. The summed E-state index contributed by atoms with van der Waals surface area (Å²) in [6.07, 6.45) is 0.410. The molecule has 0 saturated heterocycles. The summed E-state index contributed by atoms with van der Waals surface area (Å²) in [5, 5.41) is 7.24. The summed E-state index contributed by atoms with van der Waals surface area (Å²) in [6.45, 7) is 1.93. The van der Waals surface area contributed by atoms with Gasteiger partial charge in [-0.2, -0.15) is 0 Å². The van der Waals surface area contributed by atoms with Crippen molar-refractivity contribution in [1.82, 2.24) is 0 Å². The van der Waals surface area contributed by atoms with Crippen LogP contribution < -0.4 is 15.2 Å². The van der Waals surface area contributed by atoms with Gasteiger partial charge in [0.15, 0.2) is 0 Å². The van der Waals surface area contributed by atoms with Crippen molar-refractivity contribution in [3.05, 3.63) is 23.3 Å². The molecule has 0 saturated carbocycles. The van der Waals surface area contributed by atoms with Crippen molar-refractivity contribution in [2.24, 2.45) is 5.73 Å². The van der Waals surface area contributed by atoms with E-state index in [0.717, 1.165) is 22.6 Å². The topological polar surface area (TPSA) is 68.3 Å². The Morgan fingerprint density at radius 1 is 1.27 bits per heavy atom. The minimum Gasteiger partial charge on any atom is -0.496 e. The van der Waals surface area contributed by atoms with E-state index in [1.165, 1.54) is 0 Å². The molecule has 0 unspecified atom stereocenters. The second-order valence-corrected chi connectivity index (χ2v) is 3.33. The highest BCUT2D eigenvalue weighted by molar-refractivity contribution is 5.79. The molecule has 0 heterocycles. The Labute approximate surface area is 89.5 Å². The van der Waals surface area contributed by atoms with Crippen LogP contribution in [0.4, 0.5) is 0 Å². The molecule has 0 bridgehead atoms. The van der Waals surface area contributed by atoms with Crippen LogP contribution in [0, 0.1) is 12.3 Å². The van der Waals surface area contributed by atoms with Gasteiger partial charge in [0.2, 0.25) is 0 Å². The van der Waals surface area contributed by atoms with E-state index in [2.05, 4.69) is 0 Å². The van der Waals surface area contributed by atoms with Gasteiger partial charge < -0.3 is 15.2 Å². The SMILES string of the molecule is COc1cc(CC(=N)N)cc(OC)c1C. The third-order valence-corrected chi connectivity index (χ3v) is 2.21. The summed E-state index contributed by atoms with van der Waals surface area (Å²) in [6, 6.07) is 3.75. The molecular weight excluding hydrogens is 192 g/mol. The first kappa shape index (κ1) is 11.4. The fourth-order valence-corrected chi connectivity index (χ4v) is 1.46. The molecule has 0 radical (unpaired) electrons. The van der Waals surface area contributed by atoms with Crippen LogP contribution in [-0.2, 0) is 6.42 Å². The number of methoxy groups -OCH3 is 2. The molecular formula is C11H16N2O2. The molecule has 1 rings (SSSR count). The average Bonchev–Trinajstić information content (AvgIpc) is 2.19. The van der Waals surface area contributed by atoms with Gasteiger partial charge in [-0.05, 0) is 24.6 Å². The van der Waals surface area contributed by atoms with Gasteiger partial charge in [-0.1, -0.05) is 0 Å². The zero-order chi connectivity index (χ0) is 11.4. The standard InChI is InChI=1S/C11H16N2O2/c1-7-9(14-2)4-8(6-11(12)13)5-10(7)15-3/h4-5H,6H2,1-3H3,(H3,12,13). The molecule has 0 atom stereocenters. The van der Waals surface area contributed by atoms with E-state index in [0.29, 0.717) is 6.42 Å². The van der Waals surface area contributed by atoms with E-state index in [1.54, 1.807) is 14.2 Å². The highest BCUT2D eigenvalue weighted by Crippen LogP contribution is 2.29. The van der Waals surface area contributed by atoms with Gasteiger partial charge in [-0.15, -0.1) is 0 Å². The lowest BCUT2D eigenvalue weighted by Gasteiger charge is -2.12. The van der Waals surface area contributed by atoms with Gasteiger partial charge in [0.25, 0.3) is 0 Å². The zero-order valence-corrected chi connectivity index (χ0v) is 9.26. The Morgan fingerprint density at radius 3 is 2.07 bits per heavy atom. The Morgan fingerprint density at radius 2 is 1.73 bits per heavy atom. The van der Waals surface area contributed by atoms with Crippen LogP contribution in [0.25, 0.3) is 0 Å². The smallest absolute Gasteiger partial charge is 0.125 e. The van der Waals surface area contributed by atoms with Crippen LogP contribution in [0.2, 0.25) is 0 Å². The lowest BCUT2D eigenvalue weighted by atomic mass is 10.1. The molecule has 1 aromatic carbocycles. The van der Waals surface area contributed by atoms with Crippen LogP contribution >= 0.6 is 0 Å². The van der Waals surface area contributed by atoms with Gasteiger partial charge in [-0.3, -0.25) is 5.41 Å². The Hall–Kier alpha value is -1.71. The third kappa shape index (κ3) is 2.62. The maximum Gasteiger partial charge on any atom is 0.125 e. The normalized spacial score (nSPS) is 9.80. The van der Waals surface area contributed by atoms with Crippen molar-refractivity contribution < 1.29 is 9.47 Å². The van der Waals surface area contributed by atoms with Crippen molar-refractivity contribution in [1.29, 1.82) is 5.41 Å². The van der Waals surface area contributed by atoms with Gasteiger partial charge in [0, 0.05) is 12.0 Å². The summed E-state index contributed by atoms with van der Waals surface area (Å²) < 4.78 is 10.4. The number of hydrogen-bond donors (Lipinski definition) is 2. The summed E-state index contributed by atoms with van der Waals surface area (Å²) in [7, 11) is 3.22. The van der Waals surface area contributed by atoms with Gasteiger partial charge >= 0.3 is 0 Å². The highest BCUT2D eigenvalue weighted by Gasteiger charge is 2.08. The van der Waals surface area contributed by atoms with Gasteiger partial charge in [0.1, 0.15) is 11.5 Å². The number of nitrogens with two attached hydrogens (primary N) is 1. The molecule has 0 aliphatic rings. The summed E-state index contributed by atoms with van der Waals surface area (Å²) in [5.41, 5.74) is 7.22. The largest absolute Gasteiger partial charge is 0.496 e. The monoisotopic (exact) mass is 208 g/mol. The molecule has 0 fully saturated rings. The Balaban J connectivity index is 3.14. The van der Waals surface area contributed by atoms with Crippen molar-refractivity contribution >= 4 is 5.84 Å². The number of benzene rings is 1. The second kappa shape index (κ2) is 4.68. The van der Waals surface area contributed by atoms with Crippen LogP contribution in [0.1, 0.15) is 11.1 Å². The molecule has 4 nitrogen and oxygen atoms in total. The highest BCUT2D eigenvalue weighted by atomic mass is 16.5. The molecule has 15 heavy (non-hydrogen) atoms. The number of nitrogens with one attached hydrogen (secondary N) is 1. The first-order valence-electron chi connectivity index (χ1n) is 4.63. The predicted molar refractivity (Wildman–Crippen MR) is 59.9 cm³/mol. The van der Waals surface area contributed by atoms with Crippen molar-refractivity contribution in [3.8, 4) is 11.5 Å². The third-order valence-electron chi connectivity index (χ3n) is 2.21. The minimum atomic E-state index is 0.128. The van der Waals surface area contributed by atoms with Gasteiger partial charge in [-0.25, -0.2) is 0 Å². The first-order chi connectivity index (χ1) is 7.08. The van der Waals surface area contributed by atoms with E-state index in [9.17, 15) is 0 Å². The zero-order valence-electron chi connectivity index (χ0n) is 9.26. The maximum absolute atomic E-state index is 7.24. The van der Waals surface area contributed by atoms with E-state index in [4.69, 9.17) is 20.6 Å². The molecule has 3 N–H and O–H groups in total. The molecule has 0 aliphatic carbocycles. The Kier molecular flexibility index (Phi) is 3.55. The van der Waals surface area contributed by atoms with E-state index in [1.807, 2.05) is 19.1 Å². The van der Waals surface area contributed by atoms with Crippen LogP contribution in [0.5, 0.6) is 11.5 Å². The number of rotatable bonds is 4. The molecule has 4 heteroatoms. The molecule has 0 amide bonds. The van der Waals surface area contributed by atoms with Gasteiger partial charge in [0.05, 0.1) is 20.1 Å². The number of amidine groups is 1. The fraction of sp³-hybridized carbons (Fsp3) is 0.364. The van der Waals surface area contributed by atoms with Crippen LogP contribution in [0.3, 0.4) is 0 Å². The molecule has 1 aromatic rings. The van der Waals surface area contributed by atoms with Crippen LogP contribution in [-0.4, -0.2) is 20.1 Å². The van der Waals surface area contributed by atoms with E-state index in [-0.39, 0.29) is 5.84 Å². The van der Waals surface area contributed by atoms with E-state index >= 15 is 0 Å². The lowest BCUT2D eigenvalue weighted by Crippen LogP contribution is -2.13. The summed E-state index contributed by atoms with van der Waals surface area (Å²) in [4.78, 5) is 0. The molecule has 82 valence electrons. The maximum atomic E-state index is 7.24. The fourth-order valence-electron chi connectivity index (χ4n) is 1.46. The minimum absolute atomic E-state index is 0.128. The molecule has 0 aliphatic heterocycles. The summed E-state index contributed by atoms with van der Waals surface area (Å²) in [5.74, 6) is 1.64.